The number of nitrogens with zero attached hydrogens (tertiary/aromatic N) is 2. The molecule has 0 unspecified atom stereocenters. The van der Waals surface area contributed by atoms with Crippen LogP contribution < -0.4 is 9.93 Å². The van der Waals surface area contributed by atoms with Gasteiger partial charge in [-0.2, -0.15) is 0 Å². The molecule has 25 heavy (non-hydrogen) atoms. The fourth-order valence-corrected chi connectivity index (χ4v) is 4.29. The Morgan fingerprint density at radius 3 is 2.60 bits per heavy atom. The standard InChI is InChI=1S/C17H18N2O5S/c1-12-10-16(20)15(17(21)24-12)11-18-13-4-6-14(7-5-13)19-8-2-3-9-25(19,22)23/h4-7,10-11,20H,2-3,8-9H2,1H3. The van der Waals surface area contributed by atoms with Crippen molar-refractivity contribution in [1.29, 1.82) is 0 Å². The van der Waals surface area contributed by atoms with E-state index in [9.17, 15) is 18.3 Å². The molecule has 132 valence electrons. The van der Waals surface area contributed by atoms with Crippen LogP contribution in [0.5, 0.6) is 5.75 Å². The molecule has 7 nitrogen and oxygen atoms in total. The van der Waals surface area contributed by atoms with Crippen molar-refractivity contribution < 1.29 is 17.9 Å². The number of rotatable bonds is 3. The van der Waals surface area contributed by atoms with Crippen LogP contribution >= 0.6 is 0 Å². The first-order valence-corrected chi connectivity index (χ1v) is 9.46. The zero-order valence-corrected chi connectivity index (χ0v) is 14.5. The number of hydrogen-bond acceptors (Lipinski definition) is 6. The molecule has 1 saturated heterocycles. The van der Waals surface area contributed by atoms with Gasteiger partial charge >= 0.3 is 5.63 Å². The van der Waals surface area contributed by atoms with Crippen LogP contribution in [0.2, 0.25) is 0 Å². The molecule has 0 aliphatic carbocycles. The zero-order valence-electron chi connectivity index (χ0n) is 13.7. The van der Waals surface area contributed by atoms with Gasteiger partial charge in [-0.3, -0.25) is 9.30 Å². The van der Waals surface area contributed by atoms with E-state index >= 15 is 0 Å². The molecule has 2 aromatic rings. The van der Waals surface area contributed by atoms with Gasteiger partial charge < -0.3 is 9.52 Å². The summed E-state index contributed by atoms with van der Waals surface area (Å²) < 4.78 is 30.5. The van der Waals surface area contributed by atoms with Crippen molar-refractivity contribution in [3.63, 3.8) is 0 Å². The maximum atomic E-state index is 12.1. The molecule has 0 amide bonds. The molecule has 0 atom stereocenters. The molecule has 1 aliphatic rings. The molecule has 0 spiro atoms. The number of hydrogen-bond donors (Lipinski definition) is 1. The third-order valence-electron chi connectivity index (χ3n) is 3.92. The first kappa shape index (κ1) is 17.2. The van der Waals surface area contributed by atoms with E-state index in [1.807, 2.05) is 0 Å². The lowest BCUT2D eigenvalue weighted by Crippen LogP contribution is -2.37. The second-order valence-electron chi connectivity index (χ2n) is 5.81. The Balaban J connectivity index is 1.83. The van der Waals surface area contributed by atoms with E-state index in [-0.39, 0.29) is 17.1 Å². The fraction of sp³-hybridized carbons (Fsp3) is 0.294. The van der Waals surface area contributed by atoms with E-state index in [0.717, 1.165) is 6.42 Å². The average molecular weight is 362 g/mol. The van der Waals surface area contributed by atoms with Crippen molar-refractivity contribution in [2.24, 2.45) is 4.99 Å². The Kier molecular flexibility index (Phi) is 4.63. The van der Waals surface area contributed by atoms with Crippen LogP contribution in [0.1, 0.15) is 24.2 Å². The second-order valence-corrected chi connectivity index (χ2v) is 7.83. The van der Waals surface area contributed by atoms with Crippen LogP contribution in [0.3, 0.4) is 0 Å². The summed E-state index contributed by atoms with van der Waals surface area (Å²) in [7, 11) is -3.25. The molecule has 0 radical (unpaired) electrons. The number of sulfonamides is 1. The lowest BCUT2D eigenvalue weighted by atomic mass is 10.2. The fourth-order valence-electron chi connectivity index (χ4n) is 2.65. The van der Waals surface area contributed by atoms with E-state index in [4.69, 9.17) is 4.42 Å². The Bertz CT molecular complexity index is 962. The van der Waals surface area contributed by atoms with Gasteiger partial charge in [0.15, 0.2) is 0 Å². The molecule has 3 rings (SSSR count). The molecule has 2 heterocycles. The van der Waals surface area contributed by atoms with Gasteiger partial charge in [-0.05, 0) is 44.0 Å². The molecule has 1 fully saturated rings. The largest absolute Gasteiger partial charge is 0.507 e. The van der Waals surface area contributed by atoms with E-state index in [0.29, 0.717) is 30.1 Å². The maximum absolute atomic E-state index is 12.1. The smallest absolute Gasteiger partial charge is 0.348 e. The van der Waals surface area contributed by atoms with Crippen LogP contribution in [-0.4, -0.2) is 32.0 Å². The Morgan fingerprint density at radius 1 is 1.24 bits per heavy atom. The van der Waals surface area contributed by atoms with Crippen LogP contribution in [-0.2, 0) is 10.0 Å². The summed E-state index contributed by atoms with van der Waals surface area (Å²) in [6.45, 7) is 2.04. The predicted molar refractivity (Wildman–Crippen MR) is 95.4 cm³/mol. The van der Waals surface area contributed by atoms with E-state index in [1.54, 1.807) is 31.2 Å². The SMILES string of the molecule is Cc1cc(O)c(C=Nc2ccc(N3CCCCS3(=O)=O)cc2)c(=O)o1. The number of anilines is 1. The molecular formula is C17H18N2O5S. The van der Waals surface area contributed by atoms with Gasteiger partial charge in [-0.1, -0.05) is 0 Å². The highest BCUT2D eigenvalue weighted by molar-refractivity contribution is 7.92. The molecule has 0 saturated carbocycles. The van der Waals surface area contributed by atoms with Gasteiger partial charge in [-0.25, -0.2) is 13.2 Å². The average Bonchev–Trinajstić information content (AvgIpc) is 2.54. The summed E-state index contributed by atoms with van der Waals surface area (Å²) in [5.41, 5.74) is 0.416. The molecule has 0 bridgehead atoms. The highest BCUT2D eigenvalue weighted by Crippen LogP contribution is 2.26. The third kappa shape index (κ3) is 3.74. The molecule has 1 aromatic heterocycles. The van der Waals surface area contributed by atoms with Crippen molar-refractivity contribution in [2.45, 2.75) is 19.8 Å². The number of benzene rings is 1. The highest BCUT2D eigenvalue weighted by Gasteiger charge is 2.25. The van der Waals surface area contributed by atoms with E-state index in [1.165, 1.54) is 16.6 Å². The van der Waals surface area contributed by atoms with Gasteiger partial charge in [-0.15, -0.1) is 0 Å². The topological polar surface area (TPSA) is 100 Å². The summed E-state index contributed by atoms with van der Waals surface area (Å²) in [5, 5.41) is 9.80. The highest BCUT2D eigenvalue weighted by atomic mass is 32.2. The van der Waals surface area contributed by atoms with E-state index in [2.05, 4.69) is 4.99 Å². The molecule has 1 aliphatic heterocycles. The molecular weight excluding hydrogens is 344 g/mol. The van der Waals surface area contributed by atoms with Crippen LogP contribution in [0.4, 0.5) is 11.4 Å². The second kappa shape index (κ2) is 6.72. The Labute approximate surface area is 145 Å². The van der Waals surface area contributed by atoms with Gasteiger partial charge in [0, 0.05) is 18.8 Å². The summed E-state index contributed by atoms with van der Waals surface area (Å²) in [6.07, 6.45) is 2.75. The van der Waals surface area contributed by atoms with Crippen molar-refractivity contribution in [3.05, 3.63) is 52.1 Å². The Morgan fingerprint density at radius 2 is 1.96 bits per heavy atom. The summed E-state index contributed by atoms with van der Waals surface area (Å²) >= 11 is 0. The molecule has 8 heteroatoms. The minimum atomic E-state index is -3.25. The van der Waals surface area contributed by atoms with Crippen molar-refractivity contribution in [1.82, 2.24) is 0 Å². The van der Waals surface area contributed by atoms with Gasteiger partial charge in [0.1, 0.15) is 17.1 Å². The number of aromatic hydroxyl groups is 1. The normalized spacial score (nSPS) is 17.1. The van der Waals surface area contributed by atoms with E-state index < -0.39 is 15.6 Å². The lowest BCUT2D eigenvalue weighted by molar-refractivity contribution is 0.433. The summed E-state index contributed by atoms with van der Waals surface area (Å²) in [6, 6.07) is 8.00. The molecule has 1 N–H and O–H groups in total. The van der Waals surface area contributed by atoms with Gasteiger partial charge in [0.05, 0.1) is 17.1 Å². The van der Waals surface area contributed by atoms with Crippen molar-refractivity contribution >= 4 is 27.6 Å². The van der Waals surface area contributed by atoms with Crippen molar-refractivity contribution in [2.75, 3.05) is 16.6 Å². The minimum Gasteiger partial charge on any atom is -0.507 e. The van der Waals surface area contributed by atoms with Crippen LogP contribution in [0.15, 0.2) is 44.5 Å². The van der Waals surface area contributed by atoms with Crippen LogP contribution in [0.25, 0.3) is 0 Å². The monoisotopic (exact) mass is 362 g/mol. The Hall–Kier alpha value is -2.61. The summed E-state index contributed by atoms with van der Waals surface area (Å²) in [4.78, 5) is 15.9. The number of aryl methyl sites for hydroxylation is 1. The van der Waals surface area contributed by atoms with Crippen molar-refractivity contribution in [3.8, 4) is 5.75 Å². The quantitative estimate of drug-likeness (QED) is 0.845. The van der Waals surface area contributed by atoms with Gasteiger partial charge in [0.25, 0.3) is 0 Å². The summed E-state index contributed by atoms with van der Waals surface area (Å²) in [5.74, 6) is 0.273. The maximum Gasteiger partial charge on any atom is 0.348 e. The first-order chi connectivity index (χ1) is 11.9. The lowest BCUT2D eigenvalue weighted by Gasteiger charge is -2.28. The minimum absolute atomic E-state index is 0.0340. The third-order valence-corrected chi connectivity index (χ3v) is 5.79. The van der Waals surface area contributed by atoms with Crippen LogP contribution in [0, 0.1) is 6.92 Å². The zero-order chi connectivity index (χ0) is 18.0. The van der Waals surface area contributed by atoms with Gasteiger partial charge in [0.2, 0.25) is 10.0 Å². The first-order valence-electron chi connectivity index (χ1n) is 7.85. The predicted octanol–water partition coefficient (Wildman–Crippen LogP) is 2.33. The number of aliphatic imine (C=N–C) groups is 1. The molecule has 1 aromatic carbocycles.